The number of pyridine rings is 1. The molecule has 6 rings (SSSR count). The number of nitrogens with one attached hydrogen (secondary N) is 4. The van der Waals surface area contributed by atoms with Gasteiger partial charge in [-0.1, -0.05) is 81.3 Å². The SMILES string of the molecule is CC(C)C[C@H](NC(=O)[C@@H](NC(=O)c1cccc(-c2ccccc2)n1)[C@@H](C)OC(=O)N1CCC(NCCNCc2ccc(-n3c(O)nnc3-c3cc(C(C)C)c(O)cc3O)cc2)CC1)B(O)O. The molecule has 0 bridgehead atoms. The number of rotatable bonds is 19. The normalized spacial score (nSPS) is 14.5. The summed E-state index contributed by atoms with van der Waals surface area (Å²) in [5, 5.41) is 71.8. The second-order valence-electron chi connectivity index (χ2n) is 17.3. The second kappa shape index (κ2) is 22.6. The Bertz CT molecular complexity index is 2410. The number of aromatic nitrogens is 4. The summed E-state index contributed by atoms with van der Waals surface area (Å²) in [5.74, 6) is -2.44. The molecule has 19 heteroatoms. The van der Waals surface area contributed by atoms with Gasteiger partial charge in [0.1, 0.15) is 29.3 Å². The minimum absolute atomic E-state index is 0.0128. The van der Waals surface area contributed by atoms with Crippen molar-refractivity contribution in [3.63, 3.8) is 0 Å². The van der Waals surface area contributed by atoms with Gasteiger partial charge in [0.25, 0.3) is 5.91 Å². The molecule has 0 spiro atoms. The van der Waals surface area contributed by atoms with Crippen molar-refractivity contribution < 1.29 is 44.5 Å². The van der Waals surface area contributed by atoms with E-state index in [1.54, 1.807) is 23.1 Å². The van der Waals surface area contributed by atoms with Crippen molar-refractivity contribution in [2.75, 3.05) is 26.2 Å². The van der Waals surface area contributed by atoms with E-state index in [9.17, 15) is 39.8 Å². The molecule has 18 nitrogen and oxygen atoms in total. The van der Waals surface area contributed by atoms with Crippen LogP contribution < -0.4 is 21.3 Å². The van der Waals surface area contributed by atoms with Crippen molar-refractivity contribution in [1.82, 2.24) is 45.9 Å². The lowest BCUT2D eigenvalue weighted by Gasteiger charge is -2.34. The number of ether oxygens (including phenoxy) is 1. The lowest BCUT2D eigenvalue weighted by atomic mass is 9.75. The summed E-state index contributed by atoms with van der Waals surface area (Å²) in [6, 6.07) is 23.1. The largest absolute Gasteiger partial charge is 0.508 e. The lowest BCUT2D eigenvalue weighted by molar-refractivity contribution is -0.126. The first kappa shape index (κ1) is 48.9. The van der Waals surface area contributed by atoms with Crippen LogP contribution in [-0.2, 0) is 16.1 Å². The third-order valence-corrected chi connectivity index (χ3v) is 11.5. The van der Waals surface area contributed by atoms with Gasteiger partial charge in [-0.25, -0.2) is 14.3 Å². The van der Waals surface area contributed by atoms with Gasteiger partial charge in [-0.2, -0.15) is 0 Å². The van der Waals surface area contributed by atoms with E-state index in [-0.39, 0.29) is 53.3 Å². The Morgan fingerprint density at radius 1 is 0.833 bits per heavy atom. The first-order valence-electron chi connectivity index (χ1n) is 22.3. The van der Waals surface area contributed by atoms with E-state index in [2.05, 4.69) is 36.4 Å². The van der Waals surface area contributed by atoms with E-state index in [1.807, 2.05) is 82.3 Å². The molecule has 0 aliphatic carbocycles. The molecule has 66 heavy (non-hydrogen) atoms. The van der Waals surface area contributed by atoms with Crippen LogP contribution in [0.3, 0.4) is 0 Å². The second-order valence-corrected chi connectivity index (χ2v) is 17.3. The highest BCUT2D eigenvalue weighted by Gasteiger charge is 2.36. The summed E-state index contributed by atoms with van der Waals surface area (Å²) in [6.07, 6.45) is -0.195. The maximum absolute atomic E-state index is 13.7. The number of carbonyl (C=O) groups excluding carboxylic acids is 3. The van der Waals surface area contributed by atoms with E-state index >= 15 is 0 Å². The van der Waals surface area contributed by atoms with Gasteiger partial charge in [0.15, 0.2) is 5.82 Å². The summed E-state index contributed by atoms with van der Waals surface area (Å²) in [7, 11) is -1.85. The van der Waals surface area contributed by atoms with Crippen LogP contribution in [-0.4, -0.2) is 125 Å². The Morgan fingerprint density at radius 2 is 1.55 bits per heavy atom. The maximum Gasteiger partial charge on any atom is 0.475 e. The number of nitrogens with zero attached hydrogens (tertiary/aromatic N) is 5. The van der Waals surface area contributed by atoms with Crippen molar-refractivity contribution in [2.45, 2.75) is 90.5 Å². The Balaban J connectivity index is 0.980. The number of piperidine rings is 1. The van der Waals surface area contributed by atoms with Crippen LogP contribution in [0.1, 0.15) is 81.4 Å². The zero-order valence-corrected chi connectivity index (χ0v) is 37.9. The molecule has 3 atom stereocenters. The van der Waals surface area contributed by atoms with Crippen LogP contribution in [0.2, 0.25) is 0 Å². The van der Waals surface area contributed by atoms with Crippen molar-refractivity contribution in [1.29, 1.82) is 0 Å². The van der Waals surface area contributed by atoms with Crippen molar-refractivity contribution in [3.05, 3.63) is 102 Å². The first-order valence-corrected chi connectivity index (χ1v) is 22.3. The summed E-state index contributed by atoms with van der Waals surface area (Å²) < 4.78 is 7.23. The molecule has 9 N–H and O–H groups in total. The predicted octanol–water partition coefficient (Wildman–Crippen LogP) is 4.25. The van der Waals surface area contributed by atoms with E-state index < -0.39 is 43.1 Å². The Hall–Kier alpha value is -6.54. The number of carbonyl (C=O) groups is 3. The summed E-state index contributed by atoms with van der Waals surface area (Å²) in [4.78, 5) is 46.8. The molecule has 0 unspecified atom stereocenters. The molecule has 1 fully saturated rings. The number of hydrogen-bond acceptors (Lipinski definition) is 14. The van der Waals surface area contributed by atoms with Gasteiger partial charge in [-0.05, 0) is 79.5 Å². The predicted molar refractivity (Wildman–Crippen MR) is 249 cm³/mol. The third-order valence-electron chi connectivity index (χ3n) is 11.5. The molecule has 5 aromatic rings. The Labute approximate surface area is 384 Å². The number of phenolic OH excluding ortho intramolecular Hbond substituents is 2. The molecular weight excluding hydrogens is 845 g/mol. The van der Waals surface area contributed by atoms with Gasteiger partial charge in [0, 0.05) is 50.4 Å². The smallest absolute Gasteiger partial charge is 0.475 e. The average Bonchev–Trinajstić information content (AvgIpc) is 3.68. The molecule has 1 aliphatic rings. The highest BCUT2D eigenvalue weighted by Crippen LogP contribution is 2.39. The van der Waals surface area contributed by atoms with Crippen LogP contribution in [0, 0.1) is 5.92 Å². The fourth-order valence-electron chi connectivity index (χ4n) is 7.83. The molecule has 0 saturated carbocycles. The molecule has 3 heterocycles. The first-order chi connectivity index (χ1) is 31.6. The minimum Gasteiger partial charge on any atom is -0.508 e. The van der Waals surface area contributed by atoms with Gasteiger partial charge < -0.3 is 56.3 Å². The quantitative estimate of drug-likeness (QED) is 0.0415. The molecule has 2 aromatic heterocycles. The fraction of sp³-hybridized carbons (Fsp3) is 0.404. The van der Waals surface area contributed by atoms with E-state index in [1.165, 1.54) is 23.6 Å². The Kier molecular flexibility index (Phi) is 16.7. The van der Waals surface area contributed by atoms with E-state index in [0.717, 1.165) is 11.1 Å². The van der Waals surface area contributed by atoms with Gasteiger partial charge in [0.2, 0.25) is 5.91 Å². The van der Waals surface area contributed by atoms with Gasteiger partial charge >= 0.3 is 19.2 Å². The van der Waals surface area contributed by atoms with Crippen LogP contribution in [0.15, 0.2) is 84.9 Å². The van der Waals surface area contributed by atoms with Crippen LogP contribution in [0.25, 0.3) is 28.3 Å². The van der Waals surface area contributed by atoms with E-state index in [4.69, 9.17) is 4.74 Å². The van der Waals surface area contributed by atoms with Crippen molar-refractivity contribution >= 4 is 25.0 Å². The van der Waals surface area contributed by atoms with Gasteiger partial charge in [-0.3, -0.25) is 9.59 Å². The van der Waals surface area contributed by atoms with Crippen LogP contribution >= 0.6 is 0 Å². The number of benzene rings is 3. The monoisotopic (exact) mass is 905 g/mol. The molecule has 1 saturated heterocycles. The topological polar surface area (TPSA) is 257 Å². The summed E-state index contributed by atoms with van der Waals surface area (Å²) >= 11 is 0. The zero-order valence-electron chi connectivity index (χ0n) is 37.9. The van der Waals surface area contributed by atoms with E-state index in [0.29, 0.717) is 68.1 Å². The number of amides is 3. The van der Waals surface area contributed by atoms with Crippen molar-refractivity contribution in [2.24, 2.45) is 5.92 Å². The molecule has 1 aliphatic heterocycles. The number of phenols is 2. The third kappa shape index (κ3) is 12.6. The van der Waals surface area contributed by atoms with Gasteiger partial charge in [-0.15, -0.1) is 5.10 Å². The summed E-state index contributed by atoms with van der Waals surface area (Å²) in [6.45, 7) is 11.8. The molecular formula is C47H60BN9O9. The maximum atomic E-state index is 13.7. The molecule has 3 amide bonds. The average molecular weight is 906 g/mol. The molecule has 0 radical (unpaired) electrons. The number of likely N-dealkylation sites (tertiary alicyclic amines) is 1. The number of aromatic hydroxyl groups is 3. The summed E-state index contributed by atoms with van der Waals surface area (Å²) in [5.41, 5.74) is 3.94. The number of hydrogen-bond donors (Lipinski definition) is 9. The van der Waals surface area contributed by atoms with Crippen LogP contribution in [0.5, 0.6) is 17.5 Å². The highest BCUT2D eigenvalue weighted by atomic mass is 16.6. The highest BCUT2D eigenvalue weighted by molar-refractivity contribution is 6.43. The van der Waals surface area contributed by atoms with Gasteiger partial charge in [0.05, 0.1) is 22.9 Å². The zero-order chi connectivity index (χ0) is 47.5. The standard InChI is InChI=1S/C47H60BN9O9/c1-28(2)24-41(48(64)65)52-45(61)42(53-44(60)38-13-9-12-37(51-38)32-10-7-6-8-11-32)30(5)66-47(63)56-22-18-33(19-23-56)50-21-20-49-27-31-14-16-34(17-15-31)57-43(54-55-46(57)62)36-25-35(29(3)4)39(58)26-40(36)59/h6-17,25-26,28-30,33,41-42,49-50,58-59,64-65H,18-24,27H2,1-5H3,(H,52,61)(H,53,60)(H,55,62)/t30-,41+,42+/m1/s1. The lowest BCUT2D eigenvalue weighted by Crippen LogP contribution is -2.58. The van der Waals surface area contributed by atoms with Crippen LogP contribution in [0.4, 0.5) is 4.79 Å². The Morgan fingerprint density at radius 3 is 2.21 bits per heavy atom. The fourth-order valence-corrected chi connectivity index (χ4v) is 7.83. The van der Waals surface area contributed by atoms with Crippen molar-refractivity contribution in [3.8, 4) is 45.8 Å². The molecule has 3 aromatic carbocycles. The minimum atomic E-state index is -1.85. The molecule has 350 valence electrons.